The summed E-state index contributed by atoms with van der Waals surface area (Å²) >= 11 is 6.10. The molecule has 1 N–H and O–H groups in total. The van der Waals surface area contributed by atoms with Crippen molar-refractivity contribution in [2.24, 2.45) is 5.10 Å². The van der Waals surface area contributed by atoms with Crippen LogP contribution in [0.25, 0.3) is 0 Å². The lowest BCUT2D eigenvalue weighted by atomic mass is 10.2. The van der Waals surface area contributed by atoms with E-state index in [-0.39, 0.29) is 5.69 Å². The van der Waals surface area contributed by atoms with Crippen molar-refractivity contribution in [1.82, 2.24) is 0 Å². The fourth-order valence-corrected chi connectivity index (χ4v) is 2.21. The smallest absolute Gasteiger partial charge is 0.294 e. The first kappa shape index (κ1) is 16.6. The highest BCUT2D eigenvalue weighted by atomic mass is 35.5. The summed E-state index contributed by atoms with van der Waals surface area (Å²) in [6, 6.07) is 9.56. The van der Waals surface area contributed by atoms with Crippen LogP contribution in [0.4, 0.5) is 11.4 Å². The molecule has 0 saturated carbocycles. The van der Waals surface area contributed by atoms with Gasteiger partial charge in [-0.25, -0.2) is 0 Å². The summed E-state index contributed by atoms with van der Waals surface area (Å²) in [5.41, 5.74) is 3.52. The van der Waals surface area contributed by atoms with Crippen LogP contribution >= 0.6 is 11.6 Å². The summed E-state index contributed by atoms with van der Waals surface area (Å²) in [7, 11) is 2.99. The third-order valence-corrected chi connectivity index (χ3v) is 3.24. The van der Waals surface area contributed by atoms with E-state index in [0.717, 1.165) is 0 Å². The number of halogens is 1. The Morgan fingerprint density at radius 2 is 2.00 bits per heavy atom. The summed E-state index contributed by atoms with van der Waals surface area (Å²) < 4.78 is 10.3. The summed E-state index contributed by atoms with van der Waals surface area (Å²) in [5, 5.41) is 15.3. The zero-order valence-corrected chi connectivity index (χ0v) is 13.2. The average Bonchev–Trinajstić information content (AvgIpc) is 2.54. The molecule has 2 aromatic carbocycles. The van der Waals surface area contributed by atoms with Crippen LogP contribution in [-0.2, 0) is 0 Å². The number of hydrogen-bond acceptors (Lipinski definition) is 6. The SMILES string of the molecule is COc1cc(/C=N\Nc2ccccc2[N+](=O)[O-])cc(Cl)c1OC. The summed E-state index contributed by atoms with van der Waals surface area (Å²) in [5.74, 6) is 0.894. The van der Waals surface area contributed by atoms with E-state index in [1.54, 1.807) is 30.3 Å². The quantitative estimate of drug-likeness (QED) is 0.494. The van der Waals surface area contributed by atoms with E-state index in [1.807, 2.05) is 0 Å². The molecule has 0 saturated heterocycles. The second-order valence-corrected chi connectivity index (χ2v) is 4.79. The van der Waals surface area contributed by atoms with Crippen LogP contribution in [0.2, 0.25) is 5.02 Å². The molecule has 0 spiro atoms. The zero-order valence-electron chi connectivity index (χ0n) is 12.4. The maximum absolute atomic E-state index is 10.9. The Bertz CT molecular complexity index is 749. The molecule has 0 unspecified atom stereocenters. The molecule has 0 fully saturated rings. The Labute approximate surface area is 137 Å². The number of anilines is 1. The van der Waals surface area contributed by atoms with Gasteiger partial charge in [0, 0.05) is 6.07 Å². The van der Waals surface area contributed by atoms with E-state index >= 15 is 0 Å². The van der Waals surface area contributed by atoms with Gasteiger partial charge in [-0.2, -0.15) is 5.10 Å². The number of methoxy groups -OCH3 is 2. The molecule has 0 atom stereocenters. The molecule has 0 aliphatic rings. The topological polar surface area (TPSA) is 86.0 Å². The number of nitro groups is 1. The van der Waals surface area contributed by atoms with Crippen molar-refractivity contribution < 1.29 is 14.4 Å². The van der Waals surface area contributed by atoms with Gasteiger partial charge in [0.1, 0.15) is 5.69 Å². The van der Waals surface area contributed by atoms with Gasteiger partial charge in [0.25, 0.3) is 5.69 Å². The van der Waals surface area contributed by atoms with Gasteiger partial charge in [0.15, 0.2) is 11.5 Å². The number of para-hydroxylation sites is 2. The van der Waals surface area contributed by atoms with Crippen molar-refractivity contribution in [3.05, 3.63) is 57.1 Å². The first-order valence-corrected chi connectivity index (χ1v) is 6.88. The molecule has 2 aromatic rings. The molecule has 0 aliphatic carbocycles. The number of nitrogens with zero attached hydrogens (tertiary/aromatic N) is 2. The van der Waals surface area contributed by atoms with Gasteiger partial charge in [-0.3, -0.25) is 15.5 Å². The lowest BCUT2D eigenvalue weighted by Gasteiger charge is -2.10. The fourth-order valence-electron chi connectivity index (χ4n) is 1.92. The van der Waals surface area contributed by atoms with Crippen molar-refractivity contribution in [3.63, 3.8) is 0 Å². The lowest BCUT2D eigenvalue weighted by Crippen LogP contribution is -1.97. The lowest BCUT2D eigenvalue weighted by molar-refractivity contribution is -0.384. The van der Waals surface area contributed by atoms with Crippen molar-refractivity contribution >= 4 is 29.2 Å². The second kappa shape index (κ2) is 7.46. The third-order valence-electron chi connectivity index (χ3n) is 2.96. The van der Waals surface area contributed by atoms with Gasteiger partial charge in [-0.15, -0.1) is 0 Å². The molecule has 23 heavy (non-hydrogen) atoms. The van der Waals surface area contributed by atoms with Crippen LogP contribution in [0.5, 0.6) is 11.5 Å². The molecular weight excluding hydrogens is 322 g/mol. The Hall–Kier alpha value is -2.80. The number of nitro benzene ring substituents is 1. The van der Waals surface area contributed by atoms with Crippen LogP contribution in [0.1, 0.15) is 5.56 Å². The van der Waals surface area contributed by atoms with Crippen LogP contribution < -0.4 is 14.9 Å². The number of nitrogens with one attached hydrogen (secondary N) is 1. The normalized spacial score (nSPS) is 10.6. The molecule has 8 heteroatoms. The van der Waals surface area contributed by atoms with Crippen molar-refractivity contribution in [2.45, 2.75) is 0 Å². The average molecular weight is 336 g/mol. The van der Waals surface area contributed by atoms with Crippen molar-refractivity contribution in [3.8, 4) is 11.5 Å². The molecule has 2 rings (SSSR count). The fraction of sp³-hybridized carbons (Fsp3) is 0.133. The van der Waals surface area contributed by atoms with E-state index in [2.05, 4.69) is 10.5 Å². The molecule has 0 heterocycles. The standard InChI is InChI=1S/C15H14ClN3O4/c1-22-14-8-10(7-11(16)15(14)23-2)9-17-18-12-5-3-4-6-13(12)19(20)21/h3-9,18H,1-2H3/b17-9-. The van der Waals surface area contributed by atoms with Gasteiger partial charge in [-0.1, -0.05) is 23.7 Å². The Balaban J connectivity index is 2.22. The molecular formula is C15H14ClN3O4. The third kappa shape index (κ3) is 3.89. The minimum Gasteiger partial charge on any atom is -0.493 e. The highest BCUT2D eigenvalue weighted by molar-refractivity contribution is 6.32. The van der Waals surface area contributed by atoms with E-state index in [9.17, 15) is 10.1 Å². The van der Waals surface area contributed by atoms with E-state index in [4.69, 9.17) is 21.1 Å². The molecule has 0 aromatic heterocycles. The van der Waals surface area contributed by atoms with E-state index in [0.29, 0.717) is 27.8 Å². The summed E-state index contributed by atoms with van der Waals surface area (Å²) in [6.07, 6.45) is 1.48. The van der Waals surface area contributed by atoms with E-state index < -0.39 is 4.92 Å². The number of ether oxygens (including phenoxy) is 2. The zero-order chi connectivity index (χ0) is 16.8. The summed E-state index contributed by atoms with van der Waals surface area (Å²) in [6.45, 7) is 0. The molecule has 7 nitrogen and oxygen atoms in total. The van der Waals surface area contributed by atoms with Gasteiger partial charge in [-0.05, 0) is 23.8 Å². The highest BCUT2D eigenvalue weighted by Crippen LogP contribution is 2.35. The van der Waals surface area contributed by atoms with Gasteiger partial charge in [0.05, 0.1) is 30.4 Å². The Morgan fingerprint density at radius 3 is 2.65 bits per heavy atom. The second-order valence-electron chi connectivity index (χ2n) is 4.38. The van der Waals surface area contributed by atoms with Gasteiger partial charge in [0.2, 0.25) is 0 Å². The molecule has 120 valence electrons. The number of benzene rings is 2. The number of rotatable bonds is 6. The van der Waals surface area contributed by atoms with Crippen LogP contribution in [0.3, 0.4) is 0 Å². The minimum absolute atomic E-state index is 0.0602. The predicted octanol–water partition coefficient (Wildman–Crippen LogP) is 3.71. The maximum atomic E-state index is 10.9. The first-order valence-electron chi connectivity index (χ1n) is 6.51. The van der Waals surface area contributed by atoms with E-state index in [1.165, 1.54) is 26.5 Å². The predicted molar refractivity (Wildman–Crippen MR) is 88.9 cm³/mol. The highest BCUT2D eigenvalue weighted by Gasteiger charge is 2.12. The minimum atomic E-state index is -0.481. The molecule has 0 bridgehead atoms. The Kier molecular flexibility index (Phi) is 5.37. The molecule has 0 amide bonds. The van der Waals surface area contributed by atoms with Crippen molar-refractivity contribution in [1.29, 1.82) is 0 Å². The van der Waals surface area contributed by atoms with Gasteiger partial charge < -0.3 is 9.47 Å². The number of hydrogen-bond donors (Lipinski definition) is 1. The maximum Gasteiger partial charge on any atom is 0.294 e. The van der Waals surface area contributed by atoms with Crippen LogP contribution in [0, 0.1) is 10.1 Å². The molecule has 0 radical (unpaired) electrons. The van der Waals surface area contributed by atoms with Crippen LogP contribution in [-0.4, -0.2) is 25.4 Å². The van der Waals surface area contributed by atoms with Crippen LogP contribution in [0.15, 0.2) is 41.5 Å². The first-order chi connectivity index (χ1) is 11.1. The number of hydrazone groups is 1. The molecule has 0 aliphatic heterocycles. The van der Waals surface area contributed by atoms with Crippen molar-refractivity contribution in [2.75, 3.05) is 19.6 Å². The largest absolute Gasteiger partial charge is 0.493 e. The Morgan fingerprint density at radius 1 is 1.26 bits per heavy atom. The monoisotopic (exact) mass is 335 g/mol. The van der Waals surface area contributed by atoms with Gasteiger partial charge >= 0.3 is 0 Å². The summed E-state index contributed by atoms with van der Waals surface area (Å²) in [4.78, 5) is 10.4.